The van der Waals surface area contributed by atoms with Gasteiger partial charge in [0.1, 0.15) is 11.6 Å². The summed E-state index contributed by atoms with van der Waals surface area (Å²) in [7, 11) is 0. The first-order valence-corrected chi connectivity index (χ1v) is 10.1. The maximum atomic E-state index is 12.6. The van der Waals surface area contributed by atoms with Gasteiger partial charge in [-0.15, -0.1) is 0 Å². The zero-order chi connectivity index (χ0) is 20.8. The van der Waals surface area contributed by atoms with Crippen molar-refractivity contribution in [3.63, 3.8) is 0 Å². The Morgan fingerprint density at radius 2 is 1.83 bits per heavy atom. The Bertz CT molecular complexity index is 846. The lowest BCUT2D eigenvalue weighted by atomic mass is 10.0. The summed E-state index contributed by atoms with van der Waals surface area (Å²) in [5.41, 5.74) is 0.841. The molecule has 0 bridgehead atoms. The number of hydrogen-bond acceptors (Lipinski definition) is 6. The number of amides is 2. The van der Waals surface area contributed by atoms with Crippen LogP contribution in [0.4, 0.5) is 11.6 Å². The van der Waals surface area contributed by atoms with E-state index in [9.17, 15) is 9.59 Å². The summed E-state index contributed by atoms with van der Waals surface area (Å²) >= 11 is 0. The fraction of sp³-hybridized carbons (Fsp3) is 0.476. The molecule has 0 atom stereocenters. The number of aryl methyl sites for hydroxylation is 1. The molecule has 3 heterocycles. The predicted molar refractivity (Wildman–Crippen MR) is 112 cm³/mol. The van der Waals surface area contributed by atoms with Crippen LogP contribution in [0.2, 0.25) is 0 Å². The van der Waals surface area contributed by atoms with Gasteiger partial charge in [-0.2, -0.15) is 0 Å². The van der Waals surface area contributed by atoms with Gasteiger partial charge in [-0.25, -0.2) is 9.97 Å². The number of rotatable bonds is 6. The van der Waals surface area contributed by atoms with E-state index in [1.807, 2.05) is 4.90 Å². The molecule has 29 heavy (non-hydrogen) atoms. The SMILES string of the molecule is CCC(CC)C(=O)N1CCN(c2cnc(C)c(C(=O)Nc3ccccn3)n2)CC1. The summed E-state index contributed by atoms with van der Waals surface area (Å²) < 4.78 is 0. The molecule has 1 aliphatic rings. The van der Waals surface area contributed by atoms with E-state index in [1.54, 1.807) is 37.5 Å². The van der Waals surface area contributed by atoms with Crippen LogP contribution in [0.1, 0.15) is 42.9 Å². The van der Waals surface area contributed by atoms with Gasteiger partial charge in [-0.1, -0.05) is 19.9 Å². The van der Waals surface area contributed by atoms with Crippen molar-refractivity contribution in [1.29, 1.82) is 0 Å². The molecule has 1 saturated heterocycles. The van der Waals surface area contributed by atoms with Crippen molar-refractivity contribution in [3.8, 4) is 0 Å². The molecular formula is C21H28N6O2. The van der Waals surface area contributed by atoms with E-state index in [0.717, 1.165) is 12.8 Å². The van der Waals surface area contributed by atoms with Crippen LogP contribution in [0.15, 0.2) is 30.6 Å². The Morgan fingerprint density at radius 3 is 2.45 bits per heavy atom. The topological polar surface area (TPSA) is 91.3 Å². The summed E-state index contributed by atoms with van der Waals surface area (Å²) in [5, 5.41) is 2.75. The summed E-state index contributed by atoms with van der Waals surface area (Å²) in [6.45, 7) is 8.52. The van der Waals surface area contributed by atoms with Gasteiger partial charge in [0.2, 0.25) is 5.91 Å². The van der Waals surface area contributed by atoms with E-state index in [-0.39, 0.29) is 23.4 Å². The fourth-order valence-electron chi connectivity index (χ4n) is 3.47. The molecule has 0 aromatic carbocycles. The monoisotopic (exact) mass is 396 g/mol. The second-order valence-corrected chi connectivity index (χ2v) is 7.16. The molecule has 0 unspecified atom stereocenters. The second-order valence-electron chi connectivity index (χ2n) is 7.16. The summed E-state index contributed by atoms with van der Waals surface area (Å²) in [5.74, 6) is 1.12. The molecule has 3 rings (SSSR count). The Morgan fingerprint density at radius 1 is 1.10 bits per heavy atom. The molecule has 0 aliphatic carbocycles. The molecule has 0 spiro atoms. The number of piperazine rings is 1. The van der Waals surface area contributed by atoms with Gasteiger partial charge in [-0.3, -0.25) is 14.6 Å². The minimum absolute atomic E-state index is 0.0996. The van der Waals surface area contributed by atoms with E-state index in [1.165, 1.54) is 0 Å². The molecule has 154 valence electrons. The molecular weight excluding hydrogens is 368 g/mol. The van der Waals surface area contributed by atoms with Gasteiger partial charge < -0.3 is 15.1 Å². The van der Waals surface area contributed by atoms with Crippen LogP contribution in [-0.4, -0.2) is 57.8 Å². The second kappa shape index (κ2) is 9.45. The predicted octanol–water partition coefficient (Wildman–Crippen LogP) is 2.52. The van der Waals surface area contributed by atoms with Crippen molar-refractivity contribution in [2.45, 2.75) is 33.6 Å². The van der Waals surface area contributed by atoms with Crippen molar-refractivity contribution in [3.05, 3.63) is 42.0 Å². The normalized spacial score (nSPS) is 14.2. The van der Waals surface area contributed by atoms with Gasteiger partial charge >= 0.3 is 0 Å². The lowest BCUT2D eigenvalue weighted by Gasteiger charge is -2.36. The van der Waals surface area contributed by atoms with E-state index in [0.29, 0.717) is 43.5 Å². The van der Waals surface area contributed by atoms with E-state index >= 15 is 0 Å². The van der Waals surface area contributed by atoms with Crippen LogP contribution in [-0.2, 0) is 4.79 Å². The van der Waals surface area contributed by atoms with Crippen molar-refractivity contribution in [1.82, 2.24) is 19.9 Å². The highest BCUT2D eigenvalue weighted by Gasteiger charge is 2.26. The highest BCUT2D eigenvalue weighted by Crippen LogP contribution is 2.18. The third-order valence-corrected chi connectivity index (χ3v) is 5.31. The smallest absolute Gasteiger partial charge is 0.277 e. The summed E-state index contributed by atoms with van der Waals surface area (Å²) in [6.07, 6.45) is 5.04. The van der Waals surface area contributed by atoms with Gasteiger partial charge in [0.05, 0.1) is 11.9 Å². The molecule has 8 nitrogen and oxygen atoms in total. The highest BCUT2D eigenvalue weighted by molar-refractivity contribution is 6.03. The number of anilines is 2. The lowest BCUT2D eigenvalue weighted by Crippen LogP contribution is -2.50. The standard InChI is InChI=1S/C21H28N6O2/c1-4-16(5-2)21(29)27-12-10-26(11-13-27)18-14-23-15(3)19(25-18)20(28)24-17-8-6-7-9-22-17/h6-9,14,16H,4-5,10-13H2,1-3H3,(H,22,24,28). The Labute approximate surface area is 171 Å². The van der Waals surface area contributed by atoms with Crippen LogP contribution in [0.25, 0.3) is 0 Å². The van der Waals surface area contributed by atoms with E-state index in [4.69, 9.17) is 0 Å². The van der Waals surface area contributed by atoms with E-state index in [2.05, 4.69) is 39.0 Å². The third kappa shape index (κ3) is 4.88. The Balaban J connectivity index is 1.67. The first-order chi connectivity index (χ1) is 14.0. The van der Waals surface area contributed by atoms with Crippen LogP contribution in [0.3, 0.4) is 0 Å². The molecule has 1 aliphatic heterocycles. The number of carbonyl (C=O) groups is 2. The quantitative estimate of drug-likeness (QED) is 0.807. The number of nitrogens with one attached hydrogen (secondary N) is 1. The zero-order valence-electron chi connectivity index (χ0n) is 17.3. The average molecular weight is 396 g/mol. The number of nitrogens with zero attached hydrogens (tertiary/aromatic N) is 5. The molecule has 0 radical (unpaired) electrons. The summed E-state index contributed by atoms with van der Waals surface area (Å²) in [4.78, 5) is 42.2. The number of aromatic nitrogens is 3. The summed E-state index contributed by atoms with van der Waals surface area (Å²) in [6, 6.07) is 5.32. The number of hydrogen-bond donors (Lipinski definition) is 1. The van der Waals surface area contributed by atoms with Gasteiger partial charge in [0.15, 0.2) is 5.69 Å². The van der Waals surface area contributed by atoms with Crippen molar-refractivity contribution < 1.29 is 9.59 Å². The maximum Gasteiger partial charge on any atom is 0.277 e. The molecule has 8 heteroatoms. The van der Waals surface area contributed by atoms with Crippen molar-refractivity contribution in [2.24, 2.45) is 5.92 Å². The molecule has 1 N–H and O–H groups in total. The van der Waals surface area contributed by atoms with Crippen LogP contribution >= 0.6 is 0 Å². The average Bonchev–Trinajstić information content (AvgIpc) is 2.75. The maximum absolute atomic E-state index is 12.6. The molecule has 2 amide bonds. The molecule has 2 aromatic rings. The van der Waals surface area contributed by atoms with Crippen LogP contribution in [0.5, 0.6) is 0 Å². The fourth-order valence-corrected chi connectivity index (χ4v) is 3.47. The van der Waals surface area contributed by atoms with Gasteiger partial charge in [0, 0.05) is 38.3 Å². The molecule has 0 saturated carbocycles. The van der Waals surface area contributed by atoms with Crippen LogP contribution in [0, 0.1) is 12.8 Å². The third-order valence-electron chi connectivity index (χ3n) is 5.31. The Kier molecular flexibility index (Phi) is 6.74. The molecule has 1 fully saturated rings. The van der Waals surface area contributed by atoms with Crippen LogP contribution < -0.4 is 10.2 Å². The number of carbonyl (C=O) groups excluding carboxylic acids is 2. The first-order valence-electron chi connectivity index (χ1n) is 10.1. The first kappa shape index (κ1) is 20.7. The highest BCUT2D eigenvalue weighted by atomic mass is 16.2. The van der Waals surface area contributed by atoms with Crippen molar-refractivity contribution >= 4 is 23.5 Å². The number of pyridine rings is 1. The van der Waals surface area contributed by atoms with Gasteiger partial charge in [0.25, 0.3) is 5.91 Å². The minimum atomic E-state index is -0.335. The van der Waals surface area contributed by atoms with Gasteiger partial charge in [-0.05, 0) is 31.9 Å². The largest absolute Gasteiger partial charge is 0.352 e. The lowest BCUT2D eigenvalue weighted by molar-refractivity contribution is -0.136. The minimum Gasteiger partial charge on any atom is -0.352 e. The Hall–Kier alpha value is -3.03. The van der Waals surface area contributed by atoms with Crippen molar-refractivity contribution in [2.75, 3.05) is 36.4 Å². The van der Waals surface area contributed by atoms with E-state index < -0.39 is 0 Å². The zero-order valence-corrected chi connectivity index (χ0v) is 17.3. The molecule has 2 aromatic heterocycles.